The van der Waals surface area contributed by atoms with Gasteiger partial charge in [-0.2, -0.15) is 0 Å². The number of carbonyl (C=O) groups excluding carboxylic acids is 2. The molecule has 1 aliphatic heterocycles. The van der Waals surface area contributed by atoms with Crippen molar-refractivity contribution in [3.63, 3.8) is 0 Å². The standard InChI is InChI=1S/C24H30N2O2/c1-18(2)20-11-7-13-22(16-20)25(3)24(28)21-12-8-14-26(17-21)23(27)15-19-9-5-4-6-10-19/h4-7,9-11,13,16,18,21H,8,12,14-15,17H2,1-3H3. The van der Waals surface area contributed by atoms with Crippen LogP contribution in [0.3, 0.4) is 0 Å². The van der Waals surface area contributed by atoms with Crippen LogP contribution in [0.4, 0.5) is 5.69 Å². The molecule has 1 atom stereocenters. The average Bonchev–Trinajstić information content (AvgIpc) is 2.73. The van der Waals surface area contributed by atoms with E-state index in [4.69, 9.17) is 0 Å². The minimum Gasteiger partial charge on any atom is -0.342 e. The van der Waals surface area contributed by atoms with Gasteiger partial charge in [0.05, 0.1) is 12.3 Å². The average molecular weight is 379 g/mol. The summed E-state index contributed by atoms with van der Waals surface area (Å²) in [6, 6.07) is 18.0. The zero-order chi connectivity index (χ0) is 20.1. The molecule has 0 spiro atoms. The molecule has 3 rings (SSSR count). The van der Waals surface area contributed by atoms with Gasteiger partial charge in [0.15, 0.2) is 0 Å². The summed E-state index contributed by atoms with van der Waals surface area (Å²) in [6.07, 6.45) is 2.10. The lowest BCUT2D eigenvalue weighted by molar-refractivity contribution is -0.134. The molecule has 28 heavy (non-hydrogen) atoms. The third-order valence-corrected chi connectivity index (χ3v) is 5.58. The predicted molar refractivity (Wildman–Crippen MR) is 113 cm³/mol. The molecule has 0 aromatic heterocycles. The van der Waals surface area contributed by atoms with E-state index in [-0.39, 0.29) is 17.7 Å². The molecule has 1 heterocycles. The maximum Gasteiger partial charge on any atom is 0.231 e. The molecule has 0 N–H and O–H groups in total. The van der Waals surface area contributed by atoms with Crippen molar-refractivity contribution < 1.29 is 9.59 Å². The molecule has 1 aliphatic rings. The largest absolute Gasteiger partial charge is 0.342 e. The number of piperidine rings is 1. The Kier molecular flexibility index (Phi) is 6.50. The fourth-order valence-electron chi connectivity index (χ4n) is 3.78. The van der Waals surface area contributed by atoms with Gasteiger partial charge in [0.2, 0.25) is 11.8 Å². The second-order valence-electron chi connectivity index (χ2n) is 7.99. The molecule has 2 amide bonds. The molecule has 2 aromatic carbocycles. The van der Waals surface area contributed by atoms with Crippen LogP contribution in [-0.2, 0) is 16.0 Å². The van der Waals surface area contributed by atoms with Gasteiger partial charge < -0.3 is 9.80 Å². The molecule has 1 saturated heterocycles. The summed E-state index contributed by atoms with van der Waals surface area (Å²) < 4.78 is 0. The summed E-state index contributed by atoms with van der Waals surface area (Å²) in [6.45, 7) is 5.55. The van der Waals surface area contributed by atoms with Crippen LogP contribution in [0.2, 0.25) is 0 Å². The van der Waals surface area contributed by atoms with E-state index in [9.17, 15) is 9.59 Å². The van der Waals surface area contributed by atoms with E-state index in [0.29, 0.717) is 18.9 Å². The van der Waals surface area contributed by atoms with Crippen molar-refractivity contribution in [1.29, 1.82) is 0 Å². The maximum atomic E-state index is 13.1. The molecule has 2 aromatic rings. The SMILES string of the molecule is CC(C)c1cccc(N(C)C(=O)C2CCCN(C(=O)Cc3ccccc3)C2)c1. The van der Waals surface area contributed by atoms with Gasteiger partial charge in [0.25, 0.3) is 0 Å². The topological polar surface area (TPSA) is 40.6 Å². The first kappa shape index (κ1) is 20.1. The smallest absolute Gasteiger partial charge is 0.231 e. The summed E-state index contributed by atoms with van der Waals surface area (Å²) in [5, 5.41) is 0. The number of benzene rings is 2. The number of anilines is 1. The molecular weight excluding hydrogens is 348 g/mol. The second-order valence-corrected chi connectivity index (χ2v) is 7.99. The Morgan fingerprint density at radius 2 is 1.86 bits per heavy atom. The van der Waals surface area contributed by atoms with Crippen molar-refractivity contribution in [3.8, 4) is 0 Å². The minimum absolute atomic E-state index is 0.0955. The van der Waals surface area contributed by atoms with Crippen LogP contribution in [0.15, 0.2) is 54.6 Å². The number of likely N-dealkylation sites (tertiary alicyclic amines) is 1. The minimum atomic E-state index is -0.138. The molecule has 0 radical (unpaired) electrons. The monoisotopic (exact) mass is 378 g/mol. The highest BCUT2D eigenvalue weighted by molar-refractivity contribution is 5.95. The molecule has 148 valence electrons. The Hall–Kier alpha value is -2.62. The summed E-state index contributed by atoms with van der Waals surface area (Å²) in [5.74, 6) is 0.483. The lowest BCUT2D eigenvalue weighted by Crippen LogP contribution is -2.46. The third-order valence-electron chi connectivity index (χ3n) is 5.58. The number of amides is 2. The highest BCUT2D eigenvalue weighted by atomic mass is 16.2. The fraction of sp³-hybridized carbons (Fsp3) is 0.417. The van der Waals surface area contributed by atoms with Crippen molar-refractivity contribution in [1.82, 2.24) is 4.90 Å². The van der Waals surface area contributed by atoms with E-state index < -0.39 is 0 Å². The molecule has 1 unspecified atom stereocenters. The lowest BCUT2D eigenvalue weighted by atomic mass is 9.95. The number of carbonyl (C=O) groups is 2. The summed E-state index contributed by atoms with van der Waals surface area (Å²) in [5.41, 5.74) is 3.16. The molecular formula is C24H30N2O2. The van der Waals surface area contributed by atoms with Gasteiger partial charge in [-0.25, -0.2) is 0 Å². The lowest BCUT2D eigenvalue weighted by Gasteiger charge is -2.34. The van der Waals surface area contributed by atoms with Crippen molar-refractivity contribution in [2.75, 3.05) is 25.0 Å². The number of hydrogen-bond acceptors (Lipinski definition) is 2. The van der Waals surface area contributed by atoms with Gasteiger partial charge in [-0.1, -0.05) is 56.3 Å². The van der Waals surface area contributed by atoms with Crippen LogP contribution < -0.4 is 4.90 Å². The van der Waals surface area contributed by atoms with E-state index in [0.717, 1.165) is 30.6 Å². The summed E-state index contributed by atoms with van der Waals surface area (Å²) in [4.78, 5) is 29.4. The third kappa shape index (κ3) is 4.80. The van der Waals surface area contributed by atoms with Crippen LogP contribution in [0.5, 0.6) is 0 Å². The fourth-order valence-corrected chi connectivity index (χ4v) is 3.78. The van der Waals surface area contributed by atoms with E-state index in [1.165, 1.54) is 5.56 Å². The van der Waals surface area contributed by atoms with E-state index >= 15 is 0 Å². The zero-order valence-corrected chi connectivity index (χ0v) is 17.1. The Morgan fingerprint density at radius 1 is 1.11 bits per heavy atom. The van der Waals surface area contributed by atoms with Crippen molar-refractivity contribution in [2.24, 2.45) is 5.92 Å². The number of nitrogens with zero attached hydrogens (tertiary/aromatic N) is 2. The normalized spacial score (nSPS) is 16.9. The molecule has 0 aliphatic carbocycles. The van der Waals surface area contributed by atoms with Gasteiger partial charge in [0, 0.05) is 25.8 Å². The highest BCUT2D eigenvalue weighted by Crippen LogP contribution is 2.25. The first-order valence-electron chi connectivity index (χ1n) is 10.1. The summed E-state index contributed by atoms with van der Waals surface area (Å²) in [7, 11) is 1.84. The Balaban J connectivity index is 1.65. The maximum absolute atomic E-state index is 13.1. The molecule has 4 nitrogen and oxygen atoms in total. The van der Waals surface area contributed by atoms with E-state index in [1.54, 1.807) is 4.90 Å². The van der Waals surface area contributed by atoms with Gasteiger partial charge in [-0.15, -0.1) is 0 Å². The predicted octanol–water partition coefficient (Wildman–Crippen LogP) is 4.25. The van der Waals surface area contributed by atoms with Gasteiger partial charge in [-0.05, 0) is 42.0 Å². The first-order chi connectivity index (χ1) is 13.5. The zero-order valence-electron chi connectivity index (χ0n) is 17.1. The Bertz CT molecular complexity index is 816. The molecule has 4 heteroatoms. The Morgan fingerprint density at radius 3 is 2.57 bits per heavy atom. The van der Waals surface area contributed by atoms with E-state index in [1.807, 2.05) is 54.4 Å². The molecule has 1 fully saturated rings. The van der Waals surface area contributed by atoms with Crippen molar-refractivity contribution >= 4 is 17.5 Å². The van der Waals surface area contributed by atoms with Crippen LogP contribution >= 0.6 is 0 Å². The van der Waals surface area contributed by atoms with Crippen LogP contribution in [-0.4, -0.2) is 36.9 Å². The van der Waals surface area contributed by atoms with E-state index in [2.05, 4.69) is 26.0 Å². The van der Waals surface area contributed by atoms with Crippen LogP contribution in [0.1, 0.15) is 43.7 Å². The quantitative estimate of drug-likeness (QED) is 0.780. The second kappa shape index (κ2) is 9.05. The van der Waals surface area contributed by atoms with Gasteiger partial charge >= 0.3 is 0 Å². The number of rotatable bonds is 5. The first-order valence-corrected chi connectivity index (χ1v) is 10.1. The Labute approximate surface area is 168 Å². The molecule has 0 bridgehead atoms. The number of hydrogen-bond donors (Lipinski definition) is 0. The van der Waals surface area contributed by atoms with Crippen molar-refractivity contribution in [2.45, 2.75) is 39.0 Å². The summed E-state index contributed by atoms with van der Waals surface area (Å²) >= 11 is 0. The molecule has 0 saturated carbocycles. The van der Waals surface area contributed by atoms with Gasteiger partial charge in [-0.3, -0.25) is 9.59 Å². The van der Waals surface area contributed by atoms with Crippen molar-refractivity contribution in [3.05, 3.63) is 65.7 Å². The van der Waals surface area contributed by atoms with Crippen LogP contribution in [0, 0.1) is 5.92 Å². The highest BCUT2D eigenvalue weighted by Gasteiger charge is 2.30. The van der Waals surface area contributed by atoms with Gasteiger partial charge in [0.1, 0.15) is 0 Å². The van der Waals surface area contributed by atoms with Crippen LogP contribution in [0.25, 0.3) is 0 Å².